The first kappa shape index (κ1) is 14.7. The van der Waals surface area contributed by atoms with Crippen LogP contribution < -0.4 is 5.32 Å². The second-order valence-electron chi connectivity index (χ2n) is 5.64. The van der Waals surface area contributed by atoms with E-state index < -0.39 is 0 Å². The molecule has 2 rings (SSSR count). The van der Waals surface area contributed by atoms with Crippen molar-refractivity contribution in [3.63, 3.8) is 0 Å². The zero-order chi connectivity index (χ0) is 14.5. The van der Waals surface area contributed by atoms with Gasteiger partial charge in [0.2, 0.25) is 0 Å². The van der Waals surface area contributed by atoms with Gasteiger partial charge in [-0.2, -0.15) is 0 Å². The van der Waals surface area contributed by atoms with Crippen molar-refractivity contribution in [3.05, 3.63) is 59.4 Å². The summed E-state index contributed by atoms with van der Waals surface area (Å²) < 4.78 is 14.3. The van der Waals surface area contributed by atoms with Crippen molar-refractivity contribution in [3.8, 4) is 11.1 Å². The molecular formula is C18H22FN. The van der Waals surface area contributed by atoms with Gasteiger partial charge in [0, 0.05) is 12.1 Å². The van der Waals surface area contributed by atoms with Gasteiger partial charge in [-0.3, -0.25) is 0 Å². The normalized spacial score (nSPS) is 11.1. The first-order valence-electron chi connectivity index (χ1n) is 7.12. The first-order chi connectivity index (χ1) is 9.60. The molecule has 1 N–H and O–H groups in total. The van der Waals surface area contributed by atoms with Gasteiger partial charge in [-0.25, -0.2) is 4.39 Å². The van der Waals surface area contributed by atoms with Crippen LogP contribution >= 0.6 is 0 Å². The molecule has 2 aromatic rings. The van der Waals surface area contributed by atoms with E-state index in [2.05, 4.69) is 19.2 Å². The molecule has 1 nitrogen and oxygen atoms in total. The van der Waals surface area contributed by atoms with Crippen LogP contribution in [0.2, 0.25) is 0 Å². The fourth-order valence-corrected chi connectivity index (χ4v) is 2.44. The van der Waals surface area contributed by atoms with Crippen LogP contribution in [-0.4, -0.2) is 7.05 Å². The maximum absolute atomic E-state index is 14.3. The van der Waals surface area contributed by atoms with Gasteiger partial charge in [0.25, 0.3) is 0 Å². The molecule has 0 aliphatic heterocycles. The van der Waals surface area contributed by atoms with Crippen LogP contribution in [0.15, 0.2) is 42.5 Å². The summed E-state index contributed by atoms with van der Waals surface area (Å²) in [5.74, 6) is 0.406. The van der Waals surface area contributed by atoms with E-state index >= 15 is 0 Å². The molecular weight excluding hydrogens is 249 g/mol. The molecule has 0 aliphatic rings. The lowest BCUT2D eigenvalue weighted by molar-refractivity contribution is 0.615. The average molecular weight is 271 g/mol. The average Bonchev–Trinajstić information content (AvgIpc) is 2.39. The highest BCUT2D eigenvalue weighted by atomic mass is 19.1. The number of hydrogen-bond donors (Lipinski definition) is 1. The van der Waals surface area contributed by atoms with Gasteiger partial charge in [0.15, 0.2) is 0 Å². The van der Waals surface area contributed by atoms with E-state index in [4.69, 9.17) is 0 Å². The summed E-state index contributed by atoms with van der Waals surface area (Å²) in [6.07, 6.45) is 0.914. The summed E-state index contributed by atoms with van der Waals surface area (Å²) in [7, 11) is 1.91. The predicted octanol–water partition coefficient (Wildman–Crippen LogP) is 4.41. The van der Waals surface area contributed by atoms with Crippen LogP contribution in [0.5, 0.6) is 0 Å². The Morgan fingerprint density at radius 2 is 1.85 bits per heavy atom. The minimum atomic E-state index is -0.134. The predicted molar refractivity (Wildman–Crippen MR) is 83.1 cm³/mol. The Morgan fingerprint density at radius 1 is 1.05 bits per heavy atom. The minimum Gasteiger partial charge on any atom is -0.316 e. The lowest BCUT2D eigenvalue weighted by atomic mass is 9.97. The van der Waals surface area contributed by atoms with Gasteiger partial charge >= 0.3 is 0 Å². The van der Waals surface area contributed by atoms with Crippen molar-refractivity contribution in [2.75, 3.05) is 7.05 Å². The Balaban J connectivity index is 2.30. The molecule has 0 aliphatic carbocycles. The second-order valence-corrected chi connectivity index (χ2v) is 5.64. The molecule has 0 fully saturated rings. The highest BCUT2D eigenvalue weighted by Gasteiger charge is 2.07. The summed E-state index contributed by atoms with van der Waals surface area (Å²) in [4.78, 5) is 0. The largest absolute Gasteiger partial charge is 0.316 e. The van der Waals surface area contributed by atoms with Gasteiger partial charge in [-0.15, -0.1) is 0 Å². The molecule has 0 spiro atoms. The van der Waals surface area contributed by atoms with Gasteiger partial charge in [0.05, 0.1) is 0 Å². The molecule has 0 aromatic heterocycles. The first-order valence-corrected chi connectivity index (χ1v) is 7.12. The Hall–Kier alpha value is -1.67. The summed E-state index contributed by atoms with van der Waals surface area (Å²) in [5, 5.41) is 3.11. The number of benzene rings is 2. The van der Waals surface area contributed by atoms with E-state index in [1.54, 1.807) is 6.07 Å². The lowest BCUT2D eigenvalue weighted by Gasteiger charge is -2.09. The standard InChI is InChI=1S/C18H22FN/c1-13(2)9-14-7-8-17(18(19)11-14)16-6-4-5-15(10-16)12-20-3/h4-8,10-11,13,20H,9,12H2,1-3H3. The molecule has 106 valence electrons. The quantitative estimate of drug-likeness (QED) is 0.849. The minimum absolute atomic E-state index is 0.134. The highest BCUT2D eigenvalue weighted by Crippen LogP contribution is 2.25. The summed E-state index contributed by atoms with van der Waals surface area (Å²) in [6.45, 7) is 5.08. The van der Waals surface area contributed by atoms with E-state index in [1.807, 2.05) is 43.4 Å². The third kappa shape index (κ3) is 3.67. The van der Waals surface area contributed by atoms with Crippen molar-refractivity contribution in [2.45, 2.75) is 26.8 Å². The number of rotatable bonds is 5. The van der Waals surface area contributed by atoms with Crippen LogP contribution in [0, 0.1) is 11.7 Å². The Kier molecular flexibility index (Phi) is 4.91. The highest BCUT2D eigenvalue weighted by molar-refractivity contribution is 5.65. The molecule has 0 saturated heterocycles. The monoisotopic (exact) mass is 271 g/mol. The molecule has 20 heavy (non-hydrogen) atoms. The van der Waals surface area contributed by atoms with Crippen molar-refractivity contribution >= 4 is 0 Å². The lowest BCUT2D eigenvalue weighted by Crippen LogP contribution is -2.04. The number of nitrogens with one attached hydrogen (secondary N) is 1. The molecule has 0 radical (unpaired) electrons. The van der Waals surface area contributed by atoms with Crippen LogP contribution in [-0.2, 0) is 13.0 Å². The SMILES string of the molecule is CNCc1cccc(-c2ccc(CC(C)C)cc2F)c1. The summed E-state index contributed by atoms with van der Waals surface area (Å²) in [6, 6.07) is 13.6. The molecule has 0 atom stereocenters. The van der Waals surface area contributed by atoms with E-state index in [-0.39, 0.29) is 5.82 Å². The molecule has 2 heteroatoms. The smallest absolute Gasteiger partial charge is 0.131 e. The zero-order valence-corrected chi connectivity index (χ0v) is 12.4. The maximum Gasteiger partial charge on any atom is 0.131 e. The Morgan fingerprint density at radius 3 is 2.50 bits per heavy atom. The molecule has 0 heterocycles. The third-order valence-corrected chi connectivity index (χ3v) is 3.30. The van der Waals surface area contributed by atoms with Crippen molar-refractivity contribution in [1.82, 2.24) is 5.32 Å². The van der Waals surface area contributed by atoms with Crippen LogP contribution in [0.3, 0.4) is 0 Å². The second kappa shape index (κ2) is 6.67. The van der Waals surface area contributed by atoms with E-state index in [0.29, 0.717) is 11.5 Å². The van der Waals surface area contributed by atoms with Crippen molar-refractivity contribution in [1.29, 1.82) is 0 Å². The van der Waals surface area contributed by atoms with Crippen molar-refractivity contribution < 1.29 is 4.39 Å². The molecule has 0 unspecified atom stereocenters. The van der Waals surface area contributed by atoms with E-state index in [0.717, 1.165) is 29.7 Å². The Labute approximate surface area is 120 Å². The fourth-order valence-electron chi connectivity index (χ4n) is 2.44. The topological polar surface area (TPSA) is 12.0 Å². The molecule has 2 aromatic carbocycles. The van der Waals surface area contributed by atoms with Crippen LogP contribution in [0.4, 0.5) is 4.39 Å². The van der Waals surface area contributed by atoms with Crippen LogP contribution in [0.1, 0.15) is 25.0 Å². The van der Waals surface area contributed by atoms with Gasteiger partial charge in [0.1, 0.15) is 5.82 Å². The van der Waals surface area contributed by atoms with Gasteiger partial charge < -0.3 is 5.32 Å². The molecule has 0 amide bonds. The van der Waals surface area contributed by atoms with Gasteiger partial charge in [-0.1, -0.05) is 44.2 Å². The van der Waals surface area contributed by atoms with Crippen LogP contribution in [0.25, 0.3) is 11.1 Å². The molecule has 0 bridgehead atoms. The van der Waals surface area contributed by atoms with E-state index in [9.17, 15) is 4.39 Å². The summed E-state index contributed by atoms with van der Waals surface area (Å²) >= 11 is 0. The zero-order valence-electron chi connectivity index (χ0n) is 12.4. The Bertz CT molecular complexity index is 575. The van der Waals surface area contributed by atoms with E-state index in [1.165, 1.54) is 0 Å². The van der Waals surface area contributed by atoms with Crippen molar-refractivity contribution in [2.24, 2.45) is 5.92 Å². The number of hydrogen-bond acceptors (Lipinski definition) is 1. The van der Waals surface area contributed by atoms with Gasteiger partial charge in [-0.05, 0) is 48.2 Å². The number of halogens is 1. The third-order valence-electron chi connectivity index (χ3n) is 3.30. The maximum atomic E-state index is 14.3. The fraction of sp³-hybridized carbons (Fsp3) is 0.333. The summed E-state index contributed by atoms with van der Waals surface area (Å²) in [5.41, 5.74) is 3.84. The molecule has 0 saturated carbocycles.